The molecule has 0 N–H and O–H groups in total. The number of likely N-dealkylation sites (tertiary alicyclic amines) is 1. The Bertz CT molecular complexity index is 1170. The maximum atomic E-state index is 14.3. The van der Waals surface area contributed by atoms with Crippen molar-refractivity contribution >= 4 is 29.7 Å². The normalized spacial score (nSPS) is 23.2. The first kappa shape index (κ1) is 25.6. The Balaban J connectivity index is 1.50. The van der Waals surface area contributed by atoms with Gasteiger partial charge in [0.25, 0.3) is 0 Å². The van der Waals surface area contributed by atoms with Gasteiger partial charge in [-0.3, -0.25) is 4.79 Å². The number of imide groups is 1. The lowest BCUT2D eigenvalue weighted by Crippen LogP contribution is -2.50. The molecular weight excluding hydrogens is 492 g/mol. The minimum absolute atomic E-state index is 0.00147. The highest BCUT2D eigenvalue weighted by Crippen LogP contribution is 2.57. The number of rotatable bonds is 5. The number of hydrogen-bond acceptors (Lipinski definition) is 5. The zero-order valence-electron chi connectivity index (χ0n) is 21.5. The van der Waals surface area contributed by atoms with Crippen molar-refractivity contribution in [3.05, 3.63) is 70.7 Å². The number of carbonyl (C=O) groups excluding carboxylic acids is 3. The molecule has 2 heterocycles. The number of cyclic esters (lactones) is 1. The van der Waals surface area contributed by atoms with Crippen LogP contribution in [0.1, 0.15) is 57.1 Å². The molecule has 0 unspecified atom stereocenters. The van der Waals surface area contributed by atoms with E-state index in [1.54, 1.807) is 17.0 Å². The average Bonchev–Trinajstić information content (AvgIpc) is 3.34. The van der Waals surface area contributed by atoms with E-state index in [2.05, 4.69) is 0 Å². The molecule has 1 aliphatic carbocycles. The molecule has 1 spiro atoms. The predicted octanol–water partition coefficient (Wildman–Crippen LogP) is 5.80. The fraction of sp³-hybridized carbons (Fsp3) is 0.483. The topological polar surface area (TPSA) is 76.2 Å². The van der Waals surface area contributed by atoms with Crippen LogP contribution in [-0.4, -0.2) is 58.7 Å². The number of carbonyl (C=O) groups is 3. The summed E-state index contributed by atoms with van der Waals surface area (Å²) in [5.41, 5.74) is 1.06. The van der Waals surface area contributed by atoms with Gasteiger partial charge in [0.15, 0.2) is 0 Å². The molecule has 0 bridgehead atoms. The molecule has 2 saturated heterocycles. The van der Waals surface area contributed by atoms with Crippen LogP contribution < -0.4 is 0 Å². The summed E-state index contributed by atoms with van der Waals surface area (Å²) in [5.74, 6) is -1.12. The highest BCUT2D eigenvalue weighted by Gasteiger charge is 2.58. The van der Waals surface area contributed by atoms with Crippen molar-refractivity contribution < 1.29 is 23.9 Å². The first-order chi connectivity index (χ1) is 17.6. The first-order valence-electron chi connectivity index (χ1n) is 12.8. The number of hydrogen-bond donors (Lipinski definition) is 0. The third-order valence-corrected chi connectivity index (χ3v) is 7.78. The Morgan fingerprint density at radius 1 is 1.11 bits per heavy atom. The van der Waals surface area contributed by atoms with Crippen LogP contribution in [0.15, 0.2) is 54.6 Å². The highest BCUT2D eigenvalue weighted by molar-refractivity contribution is 6.30. The highest BCUT2D eigenvalue weighted by atomic mass is 35.5. The molecule has 2 aromatic carbocycles. The maximum absolute atomic E-state index is 14.3. The van der Waals surface area contributed by atoms with E-state index >= 15 is 0 Å². The van der Waals surface area contributed by atoms with Crippen LogP contribution in [0.5, 0.6) is 0 Å². The molecule has 5 rings (SSSR count). The SMILES string of the molecule is CC(C)(C)OC(=O)N1CC2(CC2)C[C@H]1[C@@H](C(=O)N1C(=O)OC[C@H]1Cc1ccccc1)c1ccc(Cl)cc1. The van der Waals surface area contributed by atoms with Crippen LogP contribution in [0.3, 0.4) is 0 Å². The number of ether oxygens (including phenoxy) is 2. The largest absolute Gasteiger partial charge is 0.447 e. The van der Waals surface area contributed by atoms with E-state index in [0.717, 1.165) is 18.4 Å². The van der Waals surface area contributed by atoms with E-state index in [1.807, 2.05) is 63.2 Å². The summed E-state index contributed by atoms with van der Waals surface area (Å²) < 4.78 is 11.1. The van der Waals surface area contributed by atoms with Gasteiger partial charge in [0.2, 0.25) is 5.91 Å². The average molecular weight is 525 g/mol. The van der Waals surface area contributed by atoms with Gasteiger partial charge in [0.1, 0.15) is 12.2 Å². The second-order valence-electron chi connectivity index (χ2n) is 11.5. The lowest BCUT2D eigenvalue weighted by Gasteiger charge is -2.34. The number of amides is 3. The van der Waals surface area contributed by atoms with Crippen molar-refractivity contribution in [2.45, 2.75) is 70.1 Å². The zero-order valence-corrected chi connectivity index (χ0v) is 22.2. The van der Waals surface area contributed by atoms with Crippen molar-refractivity contribution in [1.29, 1.82) is 0 Å². The molecular formula is C29H33ClN2O5. The second kappa shape index (κ2) is 9.67. The summed E-state index contributed by atoms with van der Waals surface area (Å²) in [6, 6.07) is 16.0. The lowest BCUT2D eigenvalue weighted by atomic mass is 9.86. The first-order valence-corrected chi connectivity index (χ1v) is 13.2. The summed E-state index contributed by atoms with van der Waals surface area (Å²) in [5, 5.41) is 0.548. The minimum atomic E-state index is -0.756. The van der Waals surface area contributed by atoms with Crippen molar-refractivity contribution in [2.24, 2.45) is 5.41 Å². The van der Waals surface area contributed by atoms with Crippen molar-refractivity contribution in [1.82, 2.24) is 9.80 Å². The van der Waals surface area contributed by atoms with Gasteiger partial charge in [-0.2, -0.15) is 0 Å². The molecule has 196 valence electrons. The van der Waals surface area contributed by atoms with E-state index in [0.29, 0.717) is 30.0 Å². The fourth-order valence-corrected chi connectivity index (χ4v) is 5.70. The smallest absolute Gasteiger partial charge is 0.417 e. The molecule has 3 fully saturated rings. The van der Waals surface area contributed by atoms with E-state index < -0.39 is 35.8 Å². The molecule has 7 nitrogen and oxygen atoms in total. The molecule has 3 atom stereocenters. The van der Waals surface area contributed by atoms with Gasteiger partial charge >= 0.3 is 12.2 Å². The van der Waals surface area contributed by atoms with Gasteiger partial charge < -0.3 is 14.4 Å². The Hall–Kier alpha value is -3.06. The molecule has 3 amide bonds. The quantitative estimate of drug-likeness (QED) is 0.494. The van der Waals surface area contributed by atoms with Gasteiger partial charge in [-0.25, -0.2) is 14.5 Å². The summed E-state index contributed by atoms with van der Waals surface area (Å²) in [4.78, 5) is 43.6. The molecule has 0 radical (unpaired) electrons. The van der Waals surface area contributed by atoms with Crippen LogP contribution in [0, 0.1) is 5.41 Å². The molecule has 37 heavy (non-hydrogen) atoms. The zero-order chi connectivity index (χ0) is 26.4. The van der Waals surface area contributed by atoms with Crippen molar-refractivity contribution in [3.63, 3.8) is 0 Å². The Kier molecular flexibility index (Phi) is 6.69. The Labute approximate surface area is 222 Å². The van der Waals surface area contributed by atoms with Gasteiger partial charge in [0.05, 0.1) is 18.0 Å². The van der Waals surface area contributed by atoms with Crippen LogP contribution in [0.4, 0.5) is 9.59 Å². The van der Waals surface area contributed by atoms with Crippen molar-refractivity contribution in [3.8, 4) is 0 Å². The standard InChI is InChI=1S/C29H33ClN2O5/c1-28(2,3)37-26(34)31-18-29(13-14-29)16-23(31)24(20-9-11-21(30)12-10-20)25(33)32-22(17-36-27(32)35)15-19-7-5-4-6-8-19/h4-12,22-24H,13-18H2,1-3H3/t22-,23+,24+/m1/s1. The van der Waals surface area contributed by atoms with Gasteiger partial charge in [0, 0.05) is 11.6 Å². The monoisotopic (exact) mass is 524 g/mol. The van der Waals surface area contributed by atoms with Crippen molar-refractivity contribution in [2.75, 3.05) is 13.2 Å². The van der Waals surface area contributed by atoms with Gasteiger partial charge in [-0.05, 0) is 75.1 Å². The van der Waals surface area contributed by atoms with Crippen LogP contribution >= 0.6 is 11.6 Å². The predicted molar refractivity (Wildman–Crippen MR) is 139 cm³/mol. The van der Waals surface area contributed by atoms with Crippen LogP contribution in [-0.2, 0) is 20.7 Å². The third-order valence-electron chi connectivity index (χ3n) is 7.53. The number of nitrogens with zero attached hydrogens (tertiary/aromatic N) is 2. The second-order valence-corrected chi connectivity index (χ2v) is 12.0. The molecule has 2 aliphatic heterocycles. The fourth-order valence-electron chi connectivity index (χ4n) is 5.57. The summed E-state index contributed by atoms with van der Waals surface area (Å²) >= 11 is 6.17. The van der Waals surface area contributed by atoms with Crippen LogP contribution in [0.25, 0.3) is 0 Å². The number of benzene rings is 2. The molecule has 1 saturated carbocycles. The van der Waals surface area contributed by atoms with Gasteiger partial charge in [-0.15, -0.1) is 0 Å². The Morgan fingerprint density at radius 3 is 2.41 bits per heavy atom. The molecule has 0 aromatic heterocycles. The van der Waals surface area contributed by atoms with E-state index in [9.17, 15) is 14.4 Å². The number of halogens is 1. The molecule has 8 heteroatoms. The lowest BCUT2D eigenvalue weighted by molar-refractivity contribution is -0.132. The summed E-state index contributed by atoms with van der Waals surface area (Å²) in [6.45, 7) is 6.18. The van der Waals surface area contributed by atoms with E-state index in [1.165, 1.54) is 4.90 Å². The summed E-state index contributed by atoms with van der Waals surface area (Å²) in [6.07, 6.45) is 2.11. The third kappa shape index (κ3) is 5.47. The Morgan fingerprint density at radius 2 is 1.78 bits per heavy atom. The molecule has 2 aromatic rings. The van der Waals surface area contributed by atoms with Gasteiger partial charge in [-0.1, -0.05) is 54.1 Å². The maximum Gasteiger partial charge on any atom is 0.417 e. The van der Waals surface area contributed by atoms with E-state index in [4.69, 9.17) is 21.1 Å². The minimum Gasteiger partial charge on any atom is -0.447 e. The van der Waals surface area contributed by atoms with Crippen LogP contribution in [0.2, 0.25) is 5.02 Å². The van der Waals surface area contributed by atoms with E-state index in [-0.39, 0.29) is 17.9 Å². The molecule has 3 aliphatic rings. The summed E-state index contributed by atoms with van der Waals surface area (Å²) in [7, 11) is 0.